The topological polar surface area (TPSA) is 56.1 Å². The lowest BCUT2D eigenvalue weighted by molar-refractivity contribution is -0.116. The highest BCUT2D eigenvalue weighted by Gasteiger charge is 2.09. The highest BCUT2D eigenvalue weighted by atomic mass is 79.9. The van der Waals surface area contributed by atoms with Crippen LogP contribution in [0.3, 0.4) is 0 Å². The van der Waals surface area contributed by atoms with Gasteiger partial charge in [-0.25, -0.2) is 4.68 Å². The molecule has 5 nitrogen and oxygen atoms in total. The summed E-state index contributed by atoms with van der Waals surface area (Å²) in [5, 5.41) is 7.25. The van der Waals surface area contributed by atoms with E-state index in [2.05, 4.69) is 26.3 Å². The van der Waals surface area contributed by atoms with Crippen LogP contribution in [0.15, 0.2) is 65.3 Å². The highest BCUT2D eigenvalue weighted by molar-refractivity contribution is 9.10. The fraction of sp³-hybridized carbons (Fsp3) is 0.200. The Labute approximate surface area is 161 Å². The first kappa shape index (κ1) is 18.2. The molecule has 0 bridgehead atoms. The van der Waals surface area contributed by atoms with E-state index in [9.17, 15) is 4.79 Å². The Morgan fingerprint density at radius 3 is 2.65 bits per heavy atom. The number of halogens is 1. The van der Waals surface area contributed by atoms with Crippen molar-refractivity contribution >= 4 is 27.7 Å². The van der Waals surface area contributed by atoms with Crippen molar-refractivity contribution < 1.29 is 9.53 Å². The quantitative estimate of drug-likeness (QED) is 0.628. The van der Waals surface area contributed by atoms with Gasteiger partial charge in [-0.2, -0.15) is 5.10 Å². The number of carbonyl (C=O) groups excluding carboxylic acids is 1. The van der Waals surface area contributed by atoms with Crippen molar-refractivity contribution in [2.24, 2.45) is 0 Å². The van der Waals surface area contributed by atoms with Crippen molar-refractivity contribution in [2.75, 3.05) is 12.4 Å². The van der Waals surface area contributed by atoms with E-state index in [0.29, 0.717) is 25.2 Å². The molecule has 0 unspecified atom stereocenters. The molecule has 0 radical (unpaired) electrons. The number of benzene rings is 2. The highest BCUT2D eigenvalue weighted by Crippen LogP contribution is 2.19. The molecule has 0 aliphatic rings. The van der Waals surface area contributed by atoms with Crippen LogP contribution in [-0.2, 0) is 17.8 Å². The molecule has 1 N–H and O–H groups in total. The molecule has 0 spiro atoms. The van der Waals surface area contributed by atoms with Gasteiger partial charge in [0.05, 0.1) is 19.9 Å². The number of rotatable bonds is 7. The number of hydrogen-bond donors (Lipinski definition) is 1. The average Bonchev–Trinajstić information content (AvgIpc) is 3.09. The van der Waals surface area contributed by atoms with E-state index < -0.39 is 0 Å². The fourth-order valence-corrected chi connectivity index (χ4v) is 3.02. The van der Waals surface area contributed by atoms with Gasteiger partial charge in [-0.15, -0.1) is 0 Å². The number of amides is 1. The molecule has 0 saturated heterocycles. The lowest BCUT2D eigenvalue weighted by Gasteiger charge is -2.10. The summed E-state index contributed by atoms with van der Waals surface area (Å²) in [6, 6.07) is 17.5. The molecule has 134 valence electrons. The minimum absolute atomic E-state index is 0.0327. The van der Waals surface area contributed by atoms with E-state index in [1.807, 2.05) is 54.6 Å². The number of nitrogens with one attached hydrogen (secondary N) is 1. The minimum atomic E-state index is -0.0327. The summed E-state index contributed by atoms with van der Waals surface area (Å²) in [5.41, 5.74) is 2.20. The molecule has 0 aliphatic heterocycles. The lowest BCUT2D eigenvalue weighted by Crippen LogP contribution is -2.16. The predicted octanol–water partition coefficient (Wildman–Crippen LogP) is 4.27. The molecule has 1 heterocycles. The maximum atomic E-state index is 12.3. The van der Waals surface area contributed by atoms with E-state index in [4.69, 9.17) is 4.74 Å². The van der Waals surface area contributed by atoms with Gasteiger partial charge in [0, 0.05) is 17.0 Å². The summed E-state index contributed by atoms with van der Waals surface area (Å²) >= 11 is 3.54. The number of ether oxygens (including phenoxy) is 1. The molecule has 6 heteroatoms. The van der Waals surface area contributed by atoms with Crippen LogP contribution in [0.2, 0.25) is 0 Å². The number of nitrogens with zero attached hydrogens (tertiary/aromatic N) is 2. The van der Waals surface area contributed by atoms with Gasteiger partial charge >= 0.3 is 0 Å². The van der Waals surface area contributed by atoms with Crippen LogP contribution in [0.25, 0.3) is 0 Å². The number of hydrogen-bond acceptors (Lipinski definition) is 3. The van der Waals surface area contributed by atoms with Crippen molar-refractivity contribution in [1.29, 1.82) is 0 Å². The van der Waals surface area contributed by atoms with Crippen molar-refractivity contribution in [3.05, 3.63) is 76.4 Å². The van der Waals surface area contributed by atoms with Gasteiger partial charge in [0.25, 0.3) is 0 Å². The Morgan fingerprint density at radius 1 is 1.15 bits per heavy atom. The van der Waals surface area contributed by atoms with Gasteiger partial charge in [0.2, 0.25) is 5.91 Å². The van der Waals surface area contributed by atoms with Crippen LogP contribution in [0.5, 0.6) is 5.75 Å². The normalized spacial score (nSPS) is 10.5. The molecular weight excluding hydrogens is 394 g/mol. The number of anilines is 1. The number of methoxy groups -OCH3 is 1. The lowest BCUT2D eigenvalue weighted by atomic mass is 10.1. The molecule has 0 atom stereocenters. The third kappa shape index (κ3) is 4.73. The summed E-state index contributed by atoms with van der Waals surface area (Å²) < 4.78 is 7.95. The van der Waals surface area contributed by atoms with E-state index >= 15 is 0 Å². The summed E-state index contributed by atoms with van der Waals surface area (Å²) in [7, 11) is 1.64. The van der Waals surface area contributed by atoms with Crippen LogP contribution in [-0.4, -0.2) is 22.8 Å². The average molecular weight is 414 g/mol. The van der Waals surface area contributed by atoms with Gasteiger partial charge in [-0.3, -0.25) is 4.79 Å². The predicted molar refractivity (Wildman–Crippen MR) is 105 cm³/mol. The second-order valence-corrected chi connectivity index (χ2v) is 6.72. The van der Waals surface area contributed by atoms with Gasteiger partial charge in [-0.05, 0) is 35.7 Å². The monoisotopic (exact) mass is 413 g/mol. The summed E-state index contributed by atoms with van der Waals surface area (Å²) in [4.78, 5) is 12.3. The minimum Gasteiger partial charge on any atom is -0.497 e. The molecule has 1 aromatic heterocycles. The number of aryl methyl sites for hydroxylation is 1. The molecule has 3 rings (SSSR count). The Hall–Kier alpha value is -2.60. The second-order valence-electron chi connectivity index (χ2n) is 5.86. The third-order valence-corrected chi connectivity index (χ3v) is 4.84. The zero-order chi connectivity index (χ0) is 18.4. The van der Waals surface area contributed by atoms with Crippen LogP contribution >= 0.6 is 15.9 Å². The molecule has 0 aliphatic carbocycles. The van der Waals surface area contributed by atoms with Crippen LogP contribution in [0, 0.1) is 0 Å². The summed E-state index contributed by atoms with van der Waals surface area (Å²) in [5.74, 6) is 1.48. The second kappa shape index (κ2) is 8.67. The van der Waals surface area contributed by atoms with Crippen LogP contribution in [0.1, 0.15) is 17.5 Å². The van der Waals surface area contributed by atoms with Crippen molar-refractivity contribution in [3.63, 3.8) is 0 Å². The van der Waals surface area contributed by atoms with Gasteiger partial charge in [0.1, 0.15) is 11.6 Å². The Balaban J connectivity index is 1.58. The Bertz CT molecular complexity index is 875. The molecular formula is C20H20BrN3O2. The molecule has 2 aromatic carbocycles. The van der Waals surface area contributed by atoms with E-state index in [-0.39, 0.29) is 5.91 Å². The van der Waals surface area contributed by atoms with E-state index in [0.717, 1.165) is 21.3 Å². The van der Waals surface area contributed by atoms with E-state index in [1.165, 1.54) is 0 Å². The van der Waals surface area contributed by atoms with Crippen molar-refractivity contribution in [3.8, 4) is 5.75 Å². The smallest absolute Gasteiger partial charge is 0.225 e. The maximum Gasteiger partial charge on any atom is 0.225 e. The number of aromatic nitrogens is 2. The first-order chi connectivity index (χ1) is 12.7. The Morgan fingerprint density at radius 2 is 1.92 bits per heavy atom. The zero-order valence-electron chi connectivity index (χ0n) is 14.5. The number of carbonyl (C=O) groups is 1. The Kier molecular flexibility index (Phi) is 6.07. The molecule has 1 amide bonds. The van der Waals surface area contributed by atoms with Gasteiger partial charge < -0.3 is 10.1 Å². The molecule has 0 fully saturated rings. The van der Waals surface area contributed by atoms with Crippen LogP contribution in [0.4, 0.5) is 5.82 Å². The zero-order valence-corrected chi connectivity index (χ0v) is 16.1. The van der Waals surface area contributed by atoms with Crippen LogP contribution < -0.4 is 10.1 Å². The fourth-order valence-electron chi connectivity index (χ4n) is 2.61. The molecule has 0 saturated carbocycles. The first-order valence-electron chi connectivity index (χ1n) is 8.33. The largest absolute Gasteiger partial charge is 0.497 e. The molecule has 3 aromatic rings. The third-order valence-electron chi connectivity index (χ3n) is 4.06. The van der Waals surface area contributed by atoms with Crippen molar-refractivity contribution in [1.82, 2.24) is 9.78 Å². The van der Waals surface area contributed by atoms with Crippen molar-refractivity contribution in [2.45, 2.75) is 19.4 Å². The summed E-state index contributed by atoms with van der Waals surface area (Å²) in [6.07, 6.45) is 2.77. The van der Waals surface area contributed by atoms with E-state index in [1.54, 1.807) is 18.0 Å². The SMILES string of the molecule is COc1ccc(CCC(=O)Nc2ccnn2Cc2ccccc2Br)cc1. The van der Waals surface area contributed by atoms with Gasteiger partial charge in [-0.1, -0.05) is 46.3 Å². The summed E-state index contributed by atoms with van der Waals surface area (Å²) in [6.45, 7) is 0.586. The van der Waals surface area contributed by atoms with Gasteiger partial charge in [0.15, 0.2) is 0 Å². The standard InChI is InChI=1S/C20H20BrN3O2/c1-26-17-9-6-15(7-10-17)8-11-20(25)23-19-12-13-22-24(19)14-16-4-2-3-5-18(16)21/h2-7,9-10,12-13H,8,11,14H2,1H3,(H,23,25). The first-order valence-corrected chi connectivity index (χ1v) is 9.13. The maximum absolute atomic E-state index is 12.3. The molecule has 26 heavy (non-hydrogen) atoms.